The minimum absolute atomic E-state index is 0.00904. The number of carbonyl (C=O) groups is 2. The van der Waals surface area contributed by atoms with Crippen LogP contribution in [0.4, 0.5) is 17.6 Å². The molecule has 4 aliphatic rings. The van der Waals surface area contributed by atoms with E-state index < -0.39 is 33.0 Å². The Hall–Kier alpha value is -3.92. The lowest BCUT2D eigenvalue weighted by atomic mass is 9.77. The minimum atomic E-state index is -0.891. The van der Waals surface area contributed by atoms with E-state index in [0.29, 0.717) is 36.0 Å². The summed E-state index contributed by atoms with van der Waals surface area (Å²) < 4.78 is 56.7. The van der Waals surface area contributed by atoms with Gasteiger partial charge in [0.2, 0.25) is 11.8 Å². The average Bonchev–Trinajstić information content (AvgIpc) is 3.79. The summed E-state index contributed by atoms with van der Waals surface area (Å²) in [5.41, 5.74) is 15.7. The fraction of sp³-hybridized carbons (Fsp3) is 0.333. The number of fused-ring (bicyclic) bond motifs is 4. The first kappa shape index (κ1) is 42.2. The van der Waals surface area contributed by atoms with Crippen LogP contribution in [0.1, 0.15) is 72.9 Å². The van der Waals surface area contributed by atoms with Crippen LogP contribution in [0, 0.1) is 35.1 Å². The molecule has 0 unspecified atom stereocenters. The third-order valence-electron chi connectivity index (χ3n) is 11.0. The molecule has 8 nitrogen and oxygen atoms in total. The second-order valence-electron chi connectivity index (χ2n) is 14.5. The number of thioether (sulfide) groups is 2. The van der Waals surface area contributed by atoms with E-state index in [0.717, 1.165) is 84.3 Å². The van der Waals surface area contributed by atoms with E-state index in [-0.39, 0.29) is 44.9 Å². The molecule has 2 aliphatic heterocycles. The van der Waals surface area contributed by atoms with Crippen molar-refractivity contribution in [3.8, 4) is 0 Å². The highest BCUT2D eigenvalue weighted by Crippen LogP contribution is 2.59. The van der Waals surface area contributed by atoms with Crippen LogP contribution >= 0.6 is 46.7 Å². The second-order valence-corrected chi connectivity index (χ2v) is 17.8. The number of hydrogen-bond donors (Lipinski definition) is 2. The Labute approximate surface area is 352 Å². The number of benzene rings is 4. The maximum atomic E-state index is 14.5. The summed E-state index contributed by atoms with van der Waals surface area (Å²) in [7, 11) is 0. The van der Waals surface area contributed by atoms with Crippen molar-refractivity contribution in [1.29, 1.82) is 0 Å². The zero-order valence-electron chi connectivity index (χ0n) is 31.6. The number of hydrazone groups is 2. The quantitative estimate of drug-likeness (QED) is 0.187. The monoisotopic (exact) mass is 870 g/mol. The lowest BCUT2D eigenvalue weighted by Gasteiger charge is -2.45. The van der Waals surface area contributed by atoms with Crippen molar-refractivity contribution in [1.82, 2.24) is 10.0 Å². The van der Waals surface area contributed by atoms with Gasteiger partial charge in [-0.15, -0.1) is 0 Å². The number of carbonyl (C=O) groups excluding carboxylic acids is 2. The molecular formula is C42H40Cl2F4N6O2S2. The molecule has 2 heterocycles. The van der Waals surface area contributed by atoms with Crippen LogP contribution in [0.2, 0.25) is 10.0 Å². The van der Waals surface area contributed by atoms with Crippen LogP contribution in [-0.4, -0.2) is 45.0 Å². The number of nitrogens with zero attached hydrogens (tertiary/aromatic N) is 4. The smallest absolute Gasteiger partial charge is 0.241 e. The predicted octanol–water partition coefficient (Wildman–Crippen LogP) is 9.28. The van der Waals surface area contributed by atoms with Crippen LogP contribution in [0.5, 0.6) is 0 Å². The van der Waals surface area contributed by atoms with E-state index in [1.807, 2.05) is 36.4 Å². The van der Waals surface area contributed by atoms with Crippen molar-refractivity contribution in [2.24, 2.45) is 33.5 Å². The normalized spacial score (nSPS) is 23.3. The summed E-state index contributed by atoms with van der Waals surface area (Å²) in [6.07, 6.45) is 4.59. The summed E-state index contributed by atoms with van der Waals surface area (Å²) in [4.78, 5) is 23.6. The van der Waals surface area contributed by atoms with E-state index in [4.69, 9.17) is 34.7 Å². The molecule has 0 saturated heterocycles. The Bertz CT molecular complexity index is 2190. The number of halogens is 6. The van der Waals surface area contributed by atoms with Crippen LogP contribution < -0.4 is 11.5 Å². The van der Waals surface area contributed by atoms with Crippen molar-refractivity contribution >= 4 is 68.6 Å². The Morgan fingerprint density at radius 2 is 1.07 bits per heavy atom. The summed E-state index contributed by atoms with van der Waals surface area (Å²) in [6, 6.07) is 17.7. The number of aryl methyl sites for hydroxylation is 2. The van der Waals surface area contributed by atoms with Crippen molar-refractivity contribution in [3.05, 3.63) is 139 Å². The van der Waals surface area contributed by atoms with Gasteiger partial charge in [-0.3, -0.25) is 9.59 Å². The predicted molar refractivity (Wildman–Crippen MR) is 223 cm³/mol. The van der Waals surface area contributed by atoms with Crippen molar-refractivity contribution < 1.29 is 27.2 Å². The molecule has 0 bridgehead atoms. The molecule has 4 atom stereocenters. The molecule has 0 aromatic heterocycles. The van der Waals surface area contributed by atoms with Gasteiger partial charge >= 0.3 is 0 Å². The number of hydrogen-bond acceptors (Lipinski definition) is 8. The molecule has 0 fully saturated rings. The SMILES string of the molecule is CC(=O)N1N=C(c2cc(F)ccc2F)S[C@@]12c1cc(Cl)ccc1CC[C@@H]2CCN.CC(=O)N1N=C(c2cc(F)ccc2F)S[C@]12c1cc(Cl)ccc1CC[C@H]2CCN. The summed E-state index contributed by atoms with van der Waals surface area (Å²) in [5, 5.41) is 13.4. The van der Waals surface area contributed by atoms with Gasteiger partial charge in [0, 0.05) is 35.0 Å². The molecule has 2 amide bonds. The van der Waals surface area contributed by atoms with Crippen LogP contribution in [0.3, 0.4) is 0 Å². The van der Waals surface area contributed by atoms with E-state index in [9.17, 15) is 27.2 Å². The fourth-order valence-corrected chi connectivity index (χ4v) is 12.2. The van der Waals surface area contributed by atoms with Crippen molar-refractivity contribution in [2.75, 3.05) is 13.1 Å². The van der Waals surface area contributed by atoms with Gasteiger partial charge in [0.05, 0.1) is 0 Å². The molecule has 0 saturated carbocycles. The maximum absolute atomic E-state index is 14.5. The Balaban J connectivity index is 0.000000177. The lowest BCUT2D eigenvalue weighted by molar-refractivity contribution is -0.135. The van der Waals surface area contributed by atoms with Crippen molar-refractivity contribution in [3.63, 3.8) is 0 Å². The maximum Gasteiger partial charge on any atom is 0.241 e. The van der Waals surface area contributed by atoms with Crippen LogP contribution in [-0.2, 0) is 32.2 Å². The summed E-state index contributed by atoms with van der Waals surface area (Å²) >= 11 is 15.2. The van der Waals surface area contributed by atoms with Gasteiger partial charge < -0.3 is 11.5 Å². The first-order valence-corrected chi connectivity index (χ1v) is 21.2. The van der Waals surface area contributed by atoms with E-state index in [1.165, 1.54) is 47.4 Å². The highest BCUT2D eigenvalue weighted by atomic mass is 35.5. The third kappa shape index (κ3) is 7.56. The van der Waals surface area contributed by atoms with Crippen molar-refractivity contribution in [2.45, 2.75) is 62.1 Å². The minimum Gasteiger partial charge on any atom is -0.330 e. The van der Waals surface area contributed by atoms with E-state index >= 15 is 0 Å². The van der Waals surface area contributed by atoms with Gasteiger partial charge in [0.1, 0.15) is 43.1 Å². The highest BCUT2D eigenvalue weighted by molar-refractivity contribution is 8.15. The van der Waals surface area contributed by atoms with E-state index in [1.54, 1.807) is 0 Å². The summed E-state index contributed by atoms with van der Waals surface area (Å²) in [6.45, 7) is 3.74. The molecule has 2 spiro atoms. The first-order valence-electron chi connectivity index (χ1n) is 18.8. The highest BCUT2D eigenvalue weighted by Gasteiger charge is 2.57. The van der Waals surface area contributed by atoms with Crippen LogP contribution in [0.15, 0.2) is 83.0 Å². The van der Waals surface area contributed by atoms with Gasteiger partial charge in [0.25, 0.3) is 0 Å². The molecule has 4 N–H and O–H groups in total. The van der Waals surface area contributed by atoms with Gasteiger partial charge in [-0.25, -0.2) is 27.6 Å². The second kappa shape index (κ2) is 17.0. The standard InChI is InChI=1S/2C21H20ClF2N3OS/c2*1-12(28)27-21(29-20(26-27)17-11-16(23)6-7-19(17)24)14(8-9-25)4-2-13-3-5-15(22)10-18(13)21/h2*3,5-7,10-11,14H,2,4,8-9,25H2,1H3/t2*14-,21+/m10/s1. The number of nitrogens with two attached hydrogens (primary N) is 2. The molecule has 304 valence electrons. The molecule has 2 aliphatic carbocycles. The lowest BCUT2D eigenvalue weighted by Crippen LogP contribution is -2.49. The largest absolute Gasteiger partial charge is 0.330 e. The Morgan fingerprint density at radius 3 is 1.43 bits per heavy atom. The summed E-state index contributed by atoms with van der Waals surface area (Å²) in [5.74, 6) is -2.88. The Morgan fingerprint density at radius 1 is 0.672 bits per heavy atom. The molecule has 8 rings (SSSR count). The molecule has 4 aromatic carbocycles. The third-order valence-corrected chi connectivity index (χ3v) is 14.5. The first-order chi connectivity index (χ1) is 27.7. The van der Waals surface area contributed by atoms with Crippen LogP contribution in [0.25, 0.3) is 0 Å². The molecule has 58 heavy (non-hydrogen) atoms. The van der Waals surface area contributed by atoms with Gasteiger partial charge in [-0.2, -0.15) is 10.2 Å². The number of rotatable bonds is 6. The van der Waals surface area contributed by atoms with Gasteiger partial charge in [-0.1, -0.05) is 58.9 Å². The zero-order chi connectivity index (χ0) is 41.5. The zero-order valence-corrected chi connectivity index (χ0v) is 34.7. The average molecular weight is 872 g/mol. The molecule has 16 heteroatoms. The molecule has 0 radical (unpaired) electrons. The van der Waals surface area contributed by atoms with Gasteiger partial charge in [-0.05, 0) is 146 Å². The molecule has 4 aromatic rings. The number of amides is 2. The Kier molecular flexibility index (Phi) is 12.4. The van der Waals surface area contributed by atoms with Gasteiger partial charge in [0.15, 0.2) is 0 Å². The topological polar surface area (TPSA) is 117 Å². The van der Waals surface area contributed by atoms with E-state index in [2.05, 4.69) is 10.2 Å². The fourth-order valence-electron chi connectivity index (χ4n) is 8.53. The molecular weight excluding hydrogens is 832 g/mol.